The van der Waals surface area contributed by atoms with Gasteiger partial charge >= 0.3 is 6.09 Å². The molecule has 0 aliphatic carbocycles. The highest BCUT2D eigenvalue weighted by Gasteiger charge is 2.23. The van der Waals surface area contributed by atoms with Crippen molar-refractivity contribution in [3.05, 3.63) is 88.6 Å². The first kappa shape index (κ1) is 35.0. The summed E-state index contributed by atoms with van der Waals surface area (Å²) in [5, 5.41) is 13.3. The van der Waals surface area contributed by atoms with Crippen molar-refractivity contribution in [2.45, 2.75) is 32.9 Å². The van der Waals surface area contributed by atoms with Crippen LogP contribution in [0, 0.1) is 0 Å². The third kappa shape index (κ3) is 9.21. The molecule has 2 heterocycles. The van der Waals surface area contributed by atoms with Gasteiger partial charge in [-0.1, -0.05) is 23.7 Å². The number of aromatic nitrogens is 2. The van der Waals surface area contributed by atoms with E-state index in [2.05, 4.69) is 25.9 Å². The fourth-order valence-electron chi connectivity index (χ4n) is 5.04. The largest absolute Gasteiger partial charge is 0.497 e. The second-order valence-corrected chi connectivity index (χ2v) is 12.5. The Morgan fingerprint density at radius 3 is 2.24 bits per heavy atom. The maximum absolute atomic E-state index is 14.0. The molecule has 4 aromatic rings. The minimum absolute atomic E-state index is 0.144. The number of morpholine rings is 1. The first-order valence-electron chi connectivity index (χ1n) is 15.6. The average molecular weight is 691 g/mol. The molecule has 49 heavy (non-hydrogen) atoms. The van der Waals surface area contributed by atoms with Gasteiger partial charge in [0.05, 0.1) is 50.4 Å². The molecule has 0 radical (unpaired) electrons. The molecule has 1 aromatic heterocycles. The number of nitrogens with zero attached hydrogens (tertiary/aromatic N) is 3. The number of ether oxygens (including phenoxy) is 4. The molecule has 3 amide bonds. The summed E-state index contributed by atoms with van der Waals surface area (Å²) in [6.07, 6.45) is -0.671. The smallest absolute Gasteiger partial charge is 0.412 e. The van der Waals surface area contributed by atoms with Crippen molar-refractivity contribution >= 4 is 52.4 Å². The molecule has 258 valence electrons. The summed E-state index contributed by atoms with van der Waals surface area (Å²) in [7, 11) is 3.06. The molecule has 0 spiro atoms. The predicted molar refractivity (Wildman–Crippen MR) is 188 cm³/mol. The molecule has 0 atom stereocenters. The Labute approximate surface area is 289 Å². The van der Waals surface area contributed by atoms with Crippen LogP contribution in [0.25, 0.3) is 0 Å². The van der Waals surface area contributed by atoms with E-state index in [-0.39, 0.29) is 28.6 Å². The summed E-state index contributed by atoms with van der Waals surface area (Å²) >= 11 is 6.24. The molecule has 5 rings (SSSR count). The Kier molecular flexibility index (Phi) is 10.9. The lowest BCUT2D eigenvalue weighted by Crippen LogP contribution is -2.36. The van der Waals surface area contributed by atoms with Crippen LogP contribution in [-0.4, -0.2) is 73.8 Å². The van der Waals surface area contributed by atoms with Crippen molar-refractivity contribution < 1.29 is 33.3 Å². The number of hydrogen-bond acceptors (Lipinski definition) is 9. The second-order valence-electron chi connectivity index (χ2n) is 12.1. The van der Waals surface area contributed by atoms with Crippen LogP contribution in [0.3, 0.4) is 0 Å². The molecule has 1 aliphatic heterocycles. The zero-order valence-electron chi connectivity index (χ0n) is 28.0. The van der Waals surface area contributed by atoms with E-state index in [1.807, 2.05) is 18.2 Å². The Morgan fingerprint density at radius 1 is 0.857 bits per heavy atom. The molecule has 0 bridgehead atoms. The van der Waals surface area contributed by atoms with Gasteiger partial charge in [-0.25, -0.2) is 4.79 Å². The first-order valence-corrected chi connectivity index (χ1v) is 15.9. The first-order chi connectivity index (χ1) is 23.4. The van der Waals surface area contributed by atoms with E-state index in [0.717, 1.165) is 11.3 Å². The van der Waals surface area contributed by atoms with Gasteiger partial charge in [-0.05, 0) is 74.9 Å². The Morgan fingerprint density at radius 2 is 1.59 bits per heavy atom. The van der Waals surface area contributed by atoms with Crippen LogP contribution in [0.1, 0.15) is 47.2 Å². The van der Waals surface area contributed by atoms with Gasteiger partial charge in [0, 0.05) is 30.4 Å². The topological polar surface area (TPSA) is 145 Å². The normalized spacial score (nSPS) is 13.0. The number of nitrogens with one attached hydrogen (secondary N) is 3. The van der Waals surface area contributed by atoms with Gasteiger partial charge < -0.3 is 34.5 Å². The van der Waals surface area contributed by atoms with Crippen LogP contribution in [0.2, 0.25) is 5.02 Å². The van der Waals surface area contributed by atoms with Crippen LogP contribution >= 0.6 is 11.6 Å². The lowest BCUT2D eigenvalue weighted by atomic mass is 10.2. The Balaban J connectivity index is 1.45. The number of amides is 3. The molecule has 0 saturated carbocycles. The molecule has 13 nitrogen and oxygen atoms in total. The van der Waals surface area contributed by atoms with E-state index in [1.165, 1.54) is 23.9 Å². The number of hydrogen-bond donors (Lipinski definition) is 3. The van der Waals surface area contributed by atoms with E-state index in [1.54, 1.807) is 64.3 Å². The van der Waals surface area contributed by atoms with Gasteiger partial charge in [0.1, 0.15) is 22.8 Å². The number of carbonyl (C=O) groups is 3. The van der Waals surface area contributed by atoms with Crippen LogP contribution in [0.4, 0.5) is 27.7 Å². The summed E-state index contributed by atoms with van der Waals surface area (Å²) in [5.41, 5.74) is 2.06. The maximum atomic E-state index is 14.0. The van der Waals surface area contributed by atoms with Gasteiger partial charge in [-0.3, -0.25) is 19.6 Å². The standard InChI is InChI=1S/C35H39ClN6O7/c1-35(2,3)49-34(45)38-28-19-24(41-14-16-48-17-15-41)9-12-27(28)37-33(44)29-20-31(39-32(43)23-8-13-30(47-5)26(36)18-23)40-42(29)21-22-6-10-25(46-4)11-7-22/h6-13,18-20H,14-17,21H2,1-5H3,(H,37,44)(H,38,45)(H,39,40,43). The van der Waals surface area contributed by atoms with Crippen LogP contribution in [-0.2, 0) is 16.0 Å². The van der Waals surface area contributed by atoms with Crippen molar-refractivity contribution in [2.75, 3.05) is 61.4 Å². The molecule has 3 N–H and O–H groups in total. The van der Waals surface area contributed by atoms with E-state index in [9.17, 15) is 14.4 Å². The molecule has 14 heteroatoms. The number of rotatable bonds is 10. The van der Waals surface area contributed by atoms with Crippen molar-refractivity contribution in [1.29, 1.82) is 0 Å². The van der Waals surface area contributed by atoms with E-state index < -0.39 is 23.5 Å². The van der Waals surface area contributed by atoms with E-state index >= 15 is 0 Å². The third-order valence-electron chi connectivity index (χ3n) is 7.42. The number of halogens is 1. The highest BCUT2D eigenvalue weighted by molar-refractivity contribution is 6.32. The quantitative estimate of drug-likeness (QED) is 0.175. The second kappa shape index (κ2) is 15.3. The van der Waals surface area contributed by atoms with Crippen molar-refractivity contribution in [3.63, 3.8) is 0 Å². The monoisotopic (exact) mass is 690 g/mol. The minimum Gasteiger partial charge on any atom is -0.497 e. The summed E-state index contributed by atoms with van der Waals surface area (Å²) in [6, 6.07) is 18.8. The number of methoxy groups -OCH3 is 2. The fourth-order valence-corrected chi connectivity index (χ4v) is 5.30. The fraction of sp³-hybridized carbons (Fsp3) is 0.314. The van der Waals surface area contributed by atoms with Gasteiger partial charge in [-0.2, -0.15) is 5.10 Å². The van der Waals surface area contributed by atoms with Crippen LogP contribution in [0.15, 0.2) is 66.7 Å². The highest BCUT2D eigenvalue weighted by Crippen LogP contribution is 2.30. The molecule has 1 fully saturated rings. The molecular weight excluding hydrogens is 652 g/mol. The molecule has 1 saturated heterocycles. The lowest BCUT2D eigenvalue weighted by molar-refractivity contribution is 0.0635. The minimum atomic E-state index is -0.735. The molecule has 1 aliphatic rings. The predicted octanol–water partition coefficient (Wildman–Crippen LogP) is 6.29. The van der Waals surface area contributed by atoms with E-state index in [0.29, 0.717) is 49.2 Å². The van der Waals surface area contributed by atoms with Gasteiger partial charge in [0.15, 0.2) is 5.82 Å². The lowest BCUT2D eigenvalue weighted by Gasteiger charge is -2.29. The average Bonchev–Trinajstić information content (AvgIpc) is 3.47. The van der Waals surface area contributed by atoms with Gasteiger partial charge in [-0.15, -0.1) is 0 Å². The van der Waals surface area contributed by atoms with Crippen molar-refractivity contribution in [2.24, 2.45) is 0 Å². The van der Waals surface area contributed by atoms with Crippen LogP contribution in [0.5, 0.6) is 11.5 Å². The number of anilines is 4. The molecule has 3 aromatic carbocycles. The summed E-state index contributed by atoms with van der Waals surface area (Å²) in [6.45, 7) is 8.02. The van der Waals surface area contributed by atoms with Crippen molar-refractivity contribution in [1.82, 2.24) is 9.78 Å². The SMILES string of the molecule is COc1ccc(Cn2nc(NC(=O)c3ccc(OC)c(Cl)c3)cc2C(=O)Nc2ccc(N3CCOCC3)cc2NC(=O)OC(C)(C)C)cc1. The summed E-state index contributed by atoms with van der Waals surface area (Å²) in [5.74, 6) is 0.247. The zero-order valence-corrected chi connectivity index (χ0v) is 28.7. The van der Waals surface area contributed by atoms with Crippen molar-refractivity contribution in [3.8, 4) is 11.5 Å². The van der Waals surface area contributed by atoms with Gasteiger partial charge in [0.25, 0.3) is 11.8 Å². The zero-order chi connectivity index (χ0) is 35.1. The van der Waals surface area contributed by atoms with E-state index in [4.69, 9.17) is 30.5 Å². The molecular formula is C35H39ClN6O7. The highest BCUT2D eigenvalue weighted by atomic mass is 35.5. The molecule has 0 unspecified atom stereocenters. The summed E-state index contributed by atoms with van der Waals surface area (Å²) in [4.78, 5) is 42.1. The third-order valence-corrected chi connectivity index (χ3v) is 7.72. The Hall–Kier alpha value is -5.27. The summed E-state index contributed by atoms with van der Waals surface area (Å²) < 4.78 is 22.9. The maximum Gasteiger partial charge on any atom is 0.412 e. The van der Waals surface area contributed by atoms with Gasteiger partial charge in [0.2, 0.25) is 0 Å². The Bertz CT molecular complexity index is 1810. The number of carbonyl (C=O) groups excluding carboxylic acids is 3. The van der Waals surface area contributed by atoms with Crippen LogP contribution < -0.4 is 30.3 Å². The number of benzene rings is 3.